The van der Waals surface area contributed by atoms with Gasteiger partial charge in [-0.3, -0.25) is 0 Å². The number of benzene rings is 1. The molecule has 0 saturated heterocycles. The molecule has 0 radical (unpaired) electrons. The minimum atomic E-state index is -4.60. The summed E-state index contributed by atoms with van der Waals surface area (Å²) in [5.41, 5.74) is -0.0693. The Kier molecular flexibility index (Phi) is 4.30. The van der Waals surface area contributed by atoms with Crippen LogP contribution in [-0.2, 0) is 19.8 Å². The summed E-state index contributed by atoms with van der Waals surface area (Å²) >= 11 is 5.80. The van der Waals surface area contributed by atoms with E-state index in [2.05, 4.69) is 20.1 Å². The van der Waals surface area contributed by atoms with Gasteiger partial charge in [-0.25, -0.2) is 19.0 Å². The number of hydrogen-bond donors (Lipinski definition) is 0. The van der Waals surface area contributed by atoms with Crippen molar-refractivity contribution in [2.75, 3.05) is 0 Å². The molecule has 3 heterocycles. The lowest BCUT2D eigenvalue weighted by molar-refractivity contribution is -0.140. The Morgan fingerprint density at radius 3 is 2.61 bits per heavy atom. The first kappa shape index (κ1) is 18.4. The predicted octanol–water partition coefficient (Wildman–Crippen LogP) is 4.09. The van der Waals surface area contributed by atoms with Crippen LogP contribution in [0.2, 0.25) is 5.28 Å². The molecule has 0 saturated carbocycles. The third kappa shape index (κ3) is 3.31. The molecule has 0 aliphatic heterocycles. The molecule has 144 valence electrons. The van der Waals surface area contributed by atoms with E-state index in [0.717, 1.165) is 10.8 Å². The van der Waals surface area contributed by atoms with E-state index in [4.69, 9.17) is 11.6 Å². The molecule has 0 fully saturated rings. The predicted molar refractivity (Wildman–Crippen MR) is 93.0 cm³/mol. The van der Waals surface area contributed by atoms with Crippen LogP contribution in [0.25, 0.3) is 22.4 Å². The Hall–Kier alpha value is -3.01. The zero-order valence-electron chi connectivity index (χ0n) is 14.2. The van der Waals surface area contributed by atoms with Crippen molar-refractivity contribution in [1.29, 1.82) is 0 Å². The van der Waals surface area contributed by atoms with Gasteiger partial charge in [0.1, 0.15) is 11.6 Å². The van der Waals surface area contributed by atoms with E-state index in [-0.39, 0.29) is 23.2 Å². The molecule has 28 heavy (non-hydrogen) atoms. The van der Waals surface area contributed by atoms with Gasteiger partial charge in [-0.05, 0) is 29.3 Å². The topological polar surface area (TPSA) is 61.4 Å². The number of alkyl halides is 3. The van der Waals surface area contributed by atoms with Crippen molar-refractivity contribution in [2.24, 2.45) is 7.05 Å². The van der Waals surface area contributed by atoms with Gasteiger partial charge >= 0.3 is 6.18 Å². The Morgan fingerprint density at radius 2 is 1.93 bits per heavy atom. The summed E-state index contributed by atoms with van der Waals surface area (Å²) in [6, 6.07) is 4.21. The van der Waals surface area contributed by atoms with Crippen LogP contribution in [0, 0.1) is 5.82 Å². The third-order valence-electron chi connectivity index (χ3n) is 4.12. The quantitative estimate of drug-likeness (QED) is 0.377. The summed E-state index contributed by atoms with van der Waals surface area (Å²) in [5.74, 6) is -0.801. The molecule has 0 bridgehead atoms. The summed E-state index contributed by atoms with van der Waals surface area (Å²) in [4.78, 5) is 11.5. The van der Waals surface area contributed by atoms with Gasteiger partial charge in [0.2, 0.25) is 5.28 Å². The van der Waals surface area contributed by atoms with Crippen LogP contribution in [0.3, 0.4) is 0 Å². The summed E-state index contributed by atoms with van der Waals surface area (Å²) < 4.78 is 55.8. The number of hydrogen-bond acceptors (Lipinski definition) is 4. The van der Waals surface area contributed by atoms with Gasteiger partial charge in [0.05, 0.1) is 23.7 Å². The van der Waals surface area contributed by atoms with E-state index in [9.17, 15) is 17.6 Å². The number of rotatable bonds is 3. The van der Waals surface area contributed by atoms with Crippen LogP contribution >= 0.6 is 11.6 Å². The highest BCUT2D eigenvalue weighted by Crippen LogP contribution is 2.31. The lowest BCUT2D eigenvalue weighted by atomic mass is 10.1. The van der Waals surface area contributed by atoms with Gasteiger partial charge in [-0.2, -0.15) is 23.3 Å². The monoisotopic (exact) mass is 410 g/mol. The second-order valence-corrected chi connectivity index (χ2v) is 6.43. The zero-order valence-corrected chi connectivity index (χ0v) is 15.0. The number of fused-ring (bicyclic) bond motifs is 1. The standard InChI is InChI=1S/C17H11ClF4N6/c1-27-8-13(17(20,21)22)25-15(27)11-3-2-9(4-12(11)19)7-28-14-10(6-24-28)5-23-16(18)26-14/h2-6,8H,7H2,1H3. The molecule has 0 N–H and O–H groups in total. The van der Waals surface area contributed by atoms with Crippen molar-refractivity contribution < 1.29 is 17.6 Å². The Morgan fingerprint density at radius 1 is 1.14 bits per heavy atom. The molecular weight excluding hydrogens is 400 g/mol. The second-order valence-electron chi connectivity index (χ2n) is 6.09. The minimum Gasteiger partial charge on any atom is -0.333 e. The summed E-state index contributed by atoms with van der Waals surface area (Å²) in [6.45, 7) is 0.197. The number of halogens is 5. The molecule has 6 nitrogen and oxygen atoms in total. The zero-order chi connectivity index (χ0) is 20.1. The summed E-state index contributed by atoms with van der Waals surface area (Å²) in [6.07, 6.45) is -0.696. The van der Waals surface area contributed by atoms with E-state index >= 15 is 0 Å². The lowest BCUT2D eigenvalue weighted by Crippen LogP contribution is -2.05. The molecule has 0 aliphatic rings. The molecule has 0 amide bonds. The summed E-state index contributed by atoms with van der Waals surface area (Å²) in [5, 5.41) is 4.91. The number of aryl methyl sites for hydroxylation is 1. The maximum atomic E-state index is 14.6. The van der Waals surface area contributed by atoms with Crippen molar-refractivity contribution >= 4 is 22.6 Å². The molecule has 0 aliphatic carbocycles. The van der Waals surface area contributed by atoms with Gasteiger partial charge in [0.25, 0.3) is 0 Å². The van der Waals surface area contributed by atoms with Crippen LogP contribution < -0.4 is 0 Å². The molecule has 0 unspecified atom stereocenters. The first-order chi connectivity index (χ1) is 13.2. The highest BCUT2D eigenvalue weighted by molar-refractivity contribution is 6.28. The van der Waals surface area contributed by atoms with Crippen molar-refractivity contribution in [1.82, 2.24) is 29.3 Å². The van der Waals surface area contributed by atoms with E-state index in [0.29, 0.717) is 16.6 Å². The van der Waals surface area contributed by atoms with Crippen molar-refractivity contribution in [3.8, 4) is 11.4 Å². The van der Waals surface area contributed by atoms with Crippen molar-refractivity contribution in [3.05, 3.63) is 59.1 Å². The number of nitrogens with zero attached hydrogens (tertiary/aromatic N) is 6. The van der Waals surface area contributed by atoms with E-state index in [1.54, 1.807) is 12.3 Å². The Bertz CT molecular complexity index is 1180. The fourth-order valence-corrected chi connectivity index (χ4v) is 2.95. The first-order valence-electron chi connectivity index (χ1n) is 7.96. The SMILES string of the molecule is Cn1cc(C(F)(F)F)nc1-c1ccc(Cn2ncc3cnc(Cl)nc32)cc1F. The van der Waals surface area contributed by atoms with E-state index < -0.39 is 17.7 Å². The van der Waals surface area contributed by atoms with Gasteiger partial charge in [-0.15, -0.1) is 0 Å². The molecule has 0 spiro atoms. The van der Waals surface area contributed by atoms with Gasteiger partial charge < -0.3 is 4.57 Å². The van der Waals surface area contributed by atoms with Crippen LogP contribution in [0.5, 0.6) is 0 Å². The highest BCUT2D eigenvalue weighted by atomic mass is 35.5. The normalized spacial score (nSPS) is 12.1. The highest BCUT2D eigenvalue weighted by Gasteiger charge is 2.34. The molecule has 3 aromatic heterocycles. The number of imidazole rings is 1. The lowest BCUT2D eigenvalue weighted by Gasteiger charge is -2.07. The van der Waals surface area contributed by atoms with Crippen LogP contribution in [-0.4, -0.2) is 29.3 Å². The largest absolute Gasteiger partial charge is 0.434 e. The third-order valence-corrected chi connectivity index (χ3v) is 4.30. The smallest absolute Gasteiger partial charge is 0.333 e. The van der Waals surface area contributed by atoms with E-state index in [1.807, 2.05) is 0 Å². The minimum absolute atomic E-state index is 0.0301. The maximum absolute atomic E-state index is 14.6. The summed E-state index contributed by atoms with van der Waals surface area (Å²) in [7, 11) is 1.38. The van der Waals surface area contributed by atoms with E-state index in [1.165, 1.54) is 30.1 Å². The molecule has 11 heteroatoms. The van der Waals surface area contributed by atoms with Crippen LogP contribution in [0.15, 0.2) is 36.8 Å². The van der Waals surface area contributed by atoms with Gasteiger partial charge in [-0.1, -0.05) is 6.07 Å². The molecule has 4 aromatic rings. The fraction of sp³-hybridized carbons (Fsp3) is 0.176. The van der Waals surface area contributed by atoms with Crippen molar-refractivity contribution in [3.63, 3.8) is 0 Å². The van der Waals surface area contributed by atoms with Crippen molar-refractivity contribution in [2.45, 2.75) is 12.7 Å². The fourth-order valence-electron chi connectivity index (χ4n) is 2.83. The first-order valence-corrected chi connectivity index (χ1v) is 8.33. The van der Waals surface area contributed by atoms with Crippen LogP contribution in [0.1, 0.15) is 11.3 Å². The Balaban J connectivity index is 1.67. The second kappa shape index (κ2) is 6.55. The maximum Gasteiger partial charge on any atom is 0.434 e. The average molecular weight is 411 g/mol. The Labute approximate surface area is 160 Å². The average Bonchev–Trinajstić information content (AvgIpc) is 3.19. The van der Waals surface area contributed by atoms with Gasteiger partial charge in [0, 0.05) is 19.4 Å². The van der Waals surface area contributed by atoms with Crippen LogP contribution in [0.4, 0.5) is 17.6 Å². The molecule has 0 atom stereocenters. The molecule has 4 rings (SSSR count). The van der Waals surface area contributed by atoms with Gasteiger partial charge in [0.15, 0.2) is 11.3 Å². The molecule has 1 aromatic carbocycles. The number of aromatic nitrogens is 6. The molecular formula is C17H11ClF4N6.